The average molecular weight is 361 g/mol. The molecule has 0 aromatic heterocycles. The molecule has 4 atom stereocenters. The first kappa shape index (κ1) is 22.3. The molecule has 0 fully saturated rings. The summed E-state index contributed by atoms with van der Waals surface area (Å²) in [6.45, 7) is 1.86. The Kier molecular flexibility index (Phi) is 9.09. The van der Waals surface area contributed by atoms with Crippen molar-refractivity contribution in [2.75, 3.05) is 6.61 Å². The van der Waals surface area contributed by atoms with Crippen LogP contribution in [0.4, 0.5) is 0 Å². The van der Waals surface area contributed by atoms with Gasteiger partial charge in [0.1, 0.15) is 24.2 Å². The maximum absolute atomic E-state index is 12.0. The molecule has 12 nitrogen and oxygen atoms in total. The van der Waals surface area contributed by atoms with Crippen molar-refractivity contribution in [1.29, 1.82) is 0 Å². The van der Waals surface area contributed by atoms with Crippen LogP contribution in [0.25, 0.3) is 0 Å². The molecule has 0 aliphatic heterocycles. The van der Waals surface area contributed by atoms with Gasteiger partial charge in [-0.25, -0.2) is 0 Å². The second kappa shape index (κ2) is 10.2. The highest BCUT2D eigenvalue weighted by Crippen LogP contribution is 1.96. The summed E-state index contributed by atoms with van der Waals surface area (Å²) in [6, 6.07) is -5.03. The molecular formula is C13H23N5O7. The topological polar surface area (TPSA) is 214 Å². The summed E-state index contributed by atoms with van der Waals surface area (Å²) in [5.41, 5.74) is 10.3. The Labute approximate surface area is 143 Å². The number of amides is 4. The minimum absolute atomic E-state index is 0.569. The Morgan fingerprint density at radius 1 is 0.920 bits per heavy atom. The highest BCUT2D eigenvalue weighted by Gasteiger charge is 2.28. The molecule has 0 aromatic carbocycles. The predicted octanol–water partition coefficient (Wildman–Crippen LogP) is -4.24. The molecule has 0 aromatic rings. The minimum atomic E-state index is -1.42. The van der Waals surface area contributed by atoms with Crippen molar-refractivity contribution in [3.63, 3.8) is 0 Å². The van der Waals surface area contributed by atoms with E-state index in [1.54, 1.807) is 0 Å². The Bertz CT molecular complexity index is 539. The fourth-order valence-corrected chi connectivity index (χ4v) is 1.55. The average Bonchev–Trinajstić information content (AvgIpc) is 2.52. The minimum Gasteiger partial charge on any atom is -0.480 e. The molecule has 142 valence electrons. The van der Waals surface area contributed by atoms with Crippen molar-refractivity contribution < 1.29 is 34.2 Å². The van der Waals surface area contributed by atoms with Crippen molar-refractivity contribution >= 4 is 29.6 Å². The number of aliphatic carboxylic acids is 1. The molecule has 0 saturated carbocycles. The van der Waals surface area contributed by atoms with Crippen LogP contribution >= 0.6 is 0 Å². The highest BCUT2D eigenvalue weighted by atomic mass is 16.4. The molecule has 0 bridgehead atoms. The number of aliphatic hydroxyl groups excluding tert-OH is 1. The van der Waals surface area contributed by atoms with Gasteiger partial charge in [-0.3, -0.25) is 24.0 Å². The molecule has 9 N–H and O–H groups in total. The number of hydrogen-bond donors (Lipinski definition) is 7. The molecule has 0 aliphatic carbocycles. The van der Waals surface area contributed by atoms with Crippen molar-refractivity contribution in [2.45, 2.75) is 44.4 Å². The predicted molar refractivity (Wildman–Crippen MR) is 83.6 cm³/mol. The third-order valence-corrected chi connectivity index (χ3v) is 3.05. The van der Waals surface area contributed by atoms with Gasteiger partial charge in [0.2, 0.25) is 23.6 Å². The number of hydrogen-bond acceptors (Lipinski definition) is 7. The van der Waals surface area contributed by atoms with Crippen molar-refractivity contribution in [2.24, 2.45) is 11.5 Å². The summed E-state index contributed by atoms with van der Waals surface area (Å²) in [5.74, 6) is -4.76. The Morgan fingerprint density at radius 3 is 1.88 bits per heavy atom. The number of aliphatic hydroxyl groups is 1. The zero-order valence-corrected chi connectivity index (χ0v) is 13.8. The lowest BCUT2D eigenvalue weighted by Crippen LogP contribution is -2.57. The number of carboxylic acid groups (broad SMARTS) is 1. The molecule has 4 amide bonds. The molecule has 0 rings (SSSR count). The van der Waals surface area contributed by atoms with Gasteiger partial charge in [0, 0.05) is 0 Å². The Morgan fingerprint density at radius 2 is 1.44 bits per heavy atom. The second-order valence-electron chi connectivity index (χ2n) is 5.32. The van der Waals surface area contributed by atoms with Crippen LogP contribution in [0.1, 0.15) is 20.3 Å². The van der Waals surface area contributed by atoms with Crippen LogP contribution in [0.3, 0.4) is 0 Å². The molecule has 0 radical (unpaired) electrons. The number of primary amides is 1. The standard InChI is InChI=1S/C13H23N5O7/c1-5(16-11(22)7(14)4-19)10(21)18-8(3-9(15)20)12(23)17-6(2)13(24)25/h5-8,19H,3-4,14H2,1-2H3,(H2,15,20)(H,16,22)(H,17,23)(H,18,21)(H,24,25). The SMILES string of the molecule is CC(NC(=O)C(CC(N)=O)NC(=O)C(C)NC(=O)C(N)CO)C(=O)O. The molecule has 4 unspecified atom stereocenters. The quantitative estimate of drug-likeness (QED) is 0.202. The molecule has 0 aliphatic rings. The monoisotopic (exact) mass is 361 g/mol. The number of nitrogens with two attached hydrogens (primary N) is 2. The van der Waals surface area contributed by atoms with Crippen molar-refractivity contribution in [3.05, 3.63) is 0 Å². The summed E-state index contributed by atoms with van der Waals surface area (Å²) in [6.07, 6.45) is -0.569. The lowest BCUT2D eigenvalue weighted by molar-refractivity contribution is -0.142. The van der Waals surface area contributed by atoms with Crippen LogP contribution in [0, 0.1) is 0 Å². The Balaban J connectivity index is 4.92. The maximum Gasteiger partial charge on any atom is 0.325 e. The largest absolute Gasteiger partial charge is 0.480 e. The van der Waals surface area contributed by atoms with Gasteiger partial charge >= 0.3 is 5.97 Å². The summed E-state index contributed by atoms with van der Waals surface area (Å²) in [4.78, 5) is 57.3. The molecule has 25 heavy (non-hydrogen) atoms. The van der Waals surface area contributed by atoms with E-state index in [1.807, 2.05) is 0 Å². The van der Waals surface area contributed by atoms with E-state index in [0.29, 0.717) is 0 Å². The molecule has 0 saturated heterocycles. The van der Waals surface area contributed by atoms with Gasteiger partial charge in [0.25, 0.3) is 0 Å². The fourth-order valence-electron chi connectivity index (χ4n) is 1.55. The van der Waals surface area contributed by atoms with E-state index in [2.05, 4.69) is 16.0 Å². The van der Waals surface area contributed by atoms with Gasteiger partial charge in [0.05, 0.1) is 13.0 Å². The van der Waals surface area contributed by atoms with E-state index in [4.69, 9.17) is 21.7 Å². The second-order valence-corrected chi connectivity index (χ2v) is 5.32. The van der Waals surface area contributed by atoms with Gasteiger partial charge in [0.15, 0.2) is 0 Å². The van der Waals surface area contributed by atoms with Crippen LogP contribution in [0.5, 0.6) is 0 Å². The first-order chi connectivity index (χ1) is 11.5. The fraction of sp³-hybridized carbons (Fsp3) is 0.615. The van der Waals surface area contributed by atoms with E-state index in [1.165, 1.54) is 13.8 Å². The van der Waals surface area contributed by atoms with Crippen molar-refractivity contribution in [3.8, 4) is 0 Å². The van der Waals surface area contributed by atoms with E-state index < -0.39 is 66.8 Å². The van der Waals surface area contributed by atoms with Crippen LogP contribution in [-0.4, -0.2) is 70.6 Å². The van der Waals surface area contributed by atoms with E-state index in [0.717, 1.165) is 0 Å². The zero-order valence-electron chi connectivity index (χ0n) is 13.8. The van der Waals surface area contributed by atoms with E-state index in [-0.39, 0.29) is 0 Å². The Hall–Kier alpha value is -2.73. The molecular weight excluding hydrogens is 338 g/mol. The van der Waals surface area contributed by atoms with Crippen LogP contribution in [0.2, 0.25) is 0 Å². The smallest absolute Gasteiger partial charge is 0.325 e. The number of carboxylic acids is 1. The van der Waals surface area contributed by atoms with E-state index in [9.17, 15) is 24.0 Å². The van der Waals surface area contributed by atoms with Gasteiger partial charge < -0.3 is 37.6 Å². The summed E-state index contributed by atoms with van der Waals surface area (Å²) >= 11 is 0. The van der Waals surface area contributed by atoms with Gasteiger partial charge in [-0.1, -0.05) is 0 Å². The summed E-state index contributed by atoms with van der Waals surface area (Å²) in [7, 11) is 0. The molecule has 0 spiro atoms. The lowest BCUT2D eigenvalue weighted by Gasteiger charge is -2.22. The van der Waals surface area contributed by atoms with Crippen LogP contribution in [0.15, 0.2) is 0 Å². The van der Waals surface area contributed by atoms with E-state index >= 15 is 0 Å². The number of carbonyl (C=O) groups excluding carboxylic acids is 4. The first-order valence-corrected chi connectivity index (χ1v) is 7.28. The normalized spacial score (nSPS) is 15.2. The van der Waals surface area contributed by atoms with Crippen molar-refractivity contribution in [1.82, 2.24) is 16.0 Å². The molecule has 0 heterocycles. The third kappa shape index (κ3) is 8.08. The lowest BCUT2D eigenvalue weighted by atomic mass is 10.1. The van der Waals surface area contributed by atoms with Gasteiger partial charge in [-0.15, -0.1) is 0 Å². The molecule has 12 heteroatoms. The number of rotatable bonds is 10. The number of nitrogens with one attached hydrogen (secondary N) is 3. The number of carbonyl (C=O) groups is 5. The first-order valence-electron chi connectivity index (χ1n) is 7.28. The zero-order chi connectivity index (χ0) is 19.7. The summed E-state index contributed by atoms with van der Waals surface area (Å²) < 4.78 is 0. The van der Waals surface area contributed by atoms with Gasteiger partial charge in [-0.2, -0.15) is 0 Å². The van der Waals surface area contributed by atoms with Crippen LogP contribution in [-0.2, 0) is 24.0 Å². The van der Waals surface area contributed by atoms with Crippen LogP contribution < -0.4 is 27.4 Å². The summed E-state index contributed by atoms with van der Waals surface area (Å²) in [5, 5.41) is 24.0. The van der Waals surface area contributed by atoms with Gasteiger partial charge in [-0.05, 0) is 13.8 Å². The third-order valence-electron chi connectivity index (χ3n) is 3.05. The maximum atomic E-state index is 12.0. The highest BCUT2D eigenvalue weighted by molar-refractivity contribution is 5.95.